The van der Waals surface area contributed by atoms with Gasteiger partial charge in [0, 0.05) is 16.4 Å². The van der Waals surface area contributed by atoms with E-state index < -0.39 is 0 Å². The fourth-order valence-corrected chi connectivity index (χ4v) is 2.92. The zero-order valence-electron chi connectivity index (χ0n) is 11.5. The average molecular weight is 288 g/mol. The number of fused-ring (bicyclic) bond motifs is 1. The van der Waals surface area contributed by atoms with Gasteiger partial charge in [0.1, 0.15) is 0 Å². The maximum absolute atomic E-state index is 12.4. The molecule has 3 rings (SSSR count). The lowest BCUT2D eigenvalue weighted by atomic mass is 10.1. The third kappa shape index (κ3) is 2.56. The summed E-state index contributed by atoms with van der Waals surface area (Å²) in [5.74, 6) is 1.76. The number of carbonyl (C=O) groups excluding carboxylic acids is 1. The first-order valence-corrected chi connectivity index (χ1v) is 7.46. The highest BCUT2D eigenvalue weighted by Crippen LogP contribution is 2.32. The Labute approximate surface area is 122 Å². The van der Waals surface area contributed by atoms with Gasteiger partial charge in [-0.15, -0.1) is 11.3 Å². The molecule has 1 unspecified atom stereocenters. The Bertz CT molecular complexity index is 645. The summed E-state index contributed by atoms with van der Waals surface area (Å²) >= 11 is 1.51. The number of aryl methyl sites for hydroxylation is 1. The molecule has 1 aliphatic heterocycles. The van der Waals surface area contributed by atoms with Crippen molar-refractivity contribution in [1.82, 2.24) is 0 Å². The molecule has 0 radical (unpaired) electrons. The van der Waals surface area contributed by atoms with Crippen molar-refractivity contribution in [2.24, 2.45) is 5.92 Å². The van der Waals surface area contributed by atoms with Crippen molar-refractivity contribution in [1.29, 1.82) is 0 Å². The van der Waals surface area contributed by atoms with E-state index >= 15 is 0 Å². The Morgan fingerprint density at radius 3 is 2.60 bits per heavy atom. The van der Waals surface area contributed by atoms with Crippen molar-refractivity contribution < 1.29 is 14.3 Å². The van der Waals surface area contributed by atoms with Gasteiger partial charge in [0.15, 0.2) is 11.5 Å². The molecule has 1 aliphatic rings. The highest BCUT2D eigenvalue weighted by Gasteiger charge is 2.18. The Morgan fingerprint density at radius 1 is 1.15 bits per heavy atom. The zero-order chi connectivity index (χ0) is 14.1. The molecule has 0 bridgehead atoms. The molecule has 4 heteroatoms. The van der Waals surface area contributed by atoms with Crippen LogP contribution >= 0.6 is 11.3 Å². The molecule has 0 amide bonds. The molecule has 1 aromatic heterocycles. The highest BCUT2D eigenvalue weighted by molar-refractivity contribution is 7.14. The summed E-state index contributed by atoms with van der Waals surface area (Å²) in [7, 11) is 0. The second-order valence-corrected chi connectivity index (χ2v) is 6.42. The van der Waals surface area contributed by atoms with Crippen LogP contribution < -0.4 is 9.47 Å². The molecule has 0 saturated carbocycles. The van der Waals surface area contributed by atoms with E-state index in [0.29, 0.717) is 36.2 Å². The van der Waals surface area contributed by atoms with E-state index in [9.17, 15) is 4.79 Å². The van der Waals surface area contributed by atoms with Gasteiger partial charge in [-0.25, -0.2) is 0 Å². The number of ether oxygens (including phenoxy) is 2. The Hall–Kier alpha value is -1.81. The summed E-state index contributed by atoms with van der Waals surface area (Å²) in [4.78, 5) is 14.3. The first kappa shape index (κ1) is 13.2. The molecule has 1 atom stereocenters. The van der Waals surface area contributed by atoms with Gasteiger partial charge in [0.2, 0.25) is 5.78 Å². The third-order valence-electron chi connectivity index (χ3n) is 3.22. The number of hydrogen-bond acceptors (Lipinski definition) is 4. The van der Waals surface area contributed by atoms with Gasteiger partial charge < -0.3 is 9.47 Å². The molecular formula is C16H16O3S. The molecule has 104 valence electrons. The Balaban J connectivity index is 1.90. The lowest BCUT2D eigenvalue weighted by Gasteiger charge is -2.08. The van der Waals surface area contributed by atoms with E-state index in [2.05, 4.69) is 6.92 Å². The van der Waals surface area contributed by atoms with Crippen LogP contribution in [0, 0.1) is 12.8 Å². The van der Waals surface area contributed by atoms with Crippen molar-refractivity contribution in [2.45, 2.75) is 13.8 Å². The molecule has 3 nitrogen and oxygen atoms in total. The third-order valence-corrected chi connectivity index (χ3v) is 4.22. The number of thiophene rings is 1. The minimum atomic E-state index is 0.0341. The molecule has 2 aromatic rings. The Kier molecular flexibility index (Phi) is 3.49. The number of hydrogen-bond donors (Lipinski definition) is 0. The molecule has 0 saturated heterocycles. The van der Waals surface area contributed by atoms with Crippen LogP contribution in [-0.4, -0.2) is 19.0 Å². The lowest BCUT2D eigenvalue weighted by Crippen LogP contribution is -2.12. The largest absolute Gasteiger partial charge is 0.489 e. The van der Waals surface area contributed by atoms with Crippen LogP contribution in [0.25, 0.3) is 0 Å². The van der Waals surface area contributed by atoms with Gasteiger partial charge in [-0.2, -0.15) is 0 Å². The molecule has 2 heterocycles. The normalized spacial score (nSPS) is 17.6. The van der Waals surface area contributed by atoms with Gasteiger partial charge >= 0.3 is 0 Å². The number of carbonyl (C=O) groups is 1. The lowest BCUT2D eigenvalue weighted by molar-refractivity contribution is 0.104. The van der Waals surface area contributed by atoms with E-state index in [0.717, 1.165) is 9.75 Å². The molecule has 0 aliphatic carbocycles. The number of ketones is 1. The SMILES string of the molecule is Cc1ccc(C(=O)c2ccc3c(c2)OCC(C)CO3)s1. The zero-order valence-corrected chi connectivity index (χ0v) is 12.3. The van der Waals surface area contributed by atoms with E-state index in [-0.39, 0.29) is 5.78 Å². The van der Waals surface area contributed by atoms with E-state index in [1.807, 2.05) is 25.1 Å². The van der Waals surface area contributed by atoms with E-state index in [1.54, 1.807) is 12.1 Å². The molecule has 20 heavy (non-hydrogen) atoms. The van der Waals surface area contributed by atoms with Crippen molar-refractivity contribution in [2.75, 3.05) is 13.2 Å². The predicted octanol–water partition coefficient (Wildman–Crippen LogP) is 3.69. The van der Waals surface area contributed by atoms with Gasteiger partial charge in [-0.05, 0) is 37.3 Å². The standard InChI is InChI=1S/C16H16O3S/c1-10-8-18-13-5-4-12(7-14(13)19-9-10)16(17)15-6-3-11(2)20-15/h3-7,10H,8-9H2,1-2H3. The van der Waals surface area contributed by atoms with Crippen LogP contribution in [-0.2, 0) is 0 Å². The summed E-state index contributed by atoms with van der Waals surface area (Å²) in [6.07, 6.45) is 0. The van der Waals surface area contributed by atoms with Gasteiger partial charge in [0.25, 0.3) is 0 Å². The van der Waals surface area contributed by atoms with Crippen molar-refractivity contribution in [3.05, 3.63) is 45.6 Å². The van der Waals surface area contributed by atoms with Gasteiger partial charge in [0.05, 0.1) is 18.1 Å². The summed E-state index contributed by atoms with van der Waals surface area (Å²) < 4.78 is 11.4. The highest BCUT2D eigenvalue weighted by atomic mass is 32.1. The van der Waals surface area contributed by atoms with Crippen molar-refractivity contribution in [3.63, 3.8) is 0 Å². The summed E-state index contributed by atoms with van der Waals surface area (Å²) in [5.41, 5.74) is 0.642. The molecule has 0 fully saturated rings. The van der Waals surface area contributed by atoms with Crippen LogP contribution in [0.5, 0.6) is 11.5 Å². The molecule has 0 N–H and O–H groups in total. The first-order valence-electron chi connectivity index (χ1n) is 6.64. The first-order chi connectivity index (χ1) is 9.63. The van der Waals surface area contributed by atoms with Crippen LogP contribution in [0.3, 0.4) is 0 Å². The fraction of sp³-hybridized carbons (Fsp3) is 0.312. The van der Waals surface area contributed by atoms with Crippen LogP contribution in [0.4, 0.5) is 0 Å². The quantitative estimate of drug-likeness (QED) is 0.791. The Morgan fingerprint density at radius 2 is 1.90 bits per heavy atom. The van der Waals surface area contributed by atoms with Crippen molar-refractivity contribution in [3.8, 4) is 11.5 Å². The maximum atomic E-state index is 12.4. The van der Waals surface area contributed by atoms with Crippen LogP contribution in [0.1, 0.15) is 27.0 Å². The summed E-state index contributed by atoms with van der Waals surface area (Å²) in [6.45, 7) is 5.33. The second kappa shape index (κ2) is 5.29. The number of rotatable bonds is 2. The summed E-state index contributed by atoms with van der Waals surface area (Å²) in [5, 5.41) is 0. The fourth-order valence-electron chi connectivity index (χ4n) is 2.09. The predicted molar refractivity (Wildman–Crippen MR) is 79.1 cm³/mol. The van der Waals surface area contributed by atoms with E-state index in [1.165, 1.54) is 11.3 Å². The smallest absolute Gasteiger partial charge is 0.203 e. The summed E-state index contributed by atoms with van der Waals surface area (Å²) in [6, 6.07) is 9.23. The van der Waals surface area contributed by atoms with Crippen molar-refractivity contribution >= 4 is 17.1 Å². The molecule has 1 aromatic carbocycles. The molecule has 0 spiro atoms. The van der Waals surface area contributed by atoms with Gasteiger partial charge in [-0.1, -0.05) is 6.92 Å². The topological polar surface area (TPSA) is 35.5 Å². The second-order valence-electron chi connectivity index (χ2n) is 5.13. The van der Waals surface area contributed by atoms with Crippen LogP contribution in [0.2, 0.25) is 0 Å². The van der Waals surface area contributed by atoms with E-state index in [4.69, 9.17) is 9.47 Å². The minimum absolute atomic E-state index is 0.0341. The molecular weight excluding hydrogens is 272 g/mol. The van der Waals surface area contributed by atoms with Crippen LogP contribution in [0.15, 0.2) is 30.3 Å². The van der Waals surface area contributed by atoms with Gasteiger partial charge in [-0.3, -0.25) is 4.79 Å². The maximum Gasteiger partial charge on any atom is 0.203 e. The monoisotopic (exact) mass is 288 g/mol. The minimum Gasteiger partial charge on any atom is -0.489 e. The average Bonchev–Trinajstić information content (AvgIpc) is 2.80. The number of benzene rings is 1.